The summed E-state index contributed by atoms with van der Waals surface area (Å²) in [6, 6.07) is 0. The van der Waals surface area contributed by atoms with E-state index in [4.69, 9.17) is 4.74 Å². The Labute approximate surface area is 75.4 Å². The first-order chi connectivity index (χ1) is 5.25. The van der Waals surface area contributed by atoms with Crippen molar-refractivity contribution in [2.75, 3.05) is 13.2 Å². The van der Waals surface area contributed by atoms with Gasteiger partial charge in [0.2, 0.25) is 0 Å². The maximum Gasteiger partial charge on any atom is 0.172 e. The number of hydrogen-bond acceptors (Lipinski definition) is 2. The molecule has 2 nitrogen and oxygen atoms in total. The summed E-state index contributed by atoms with van der Waals surface area (Å²) in [7, 11) is 0. The molecule has 1 rings (SSSR count). The van der Waals surface area contributed by atoms with Gasteiger partial charge in [0, 0.05) is 6.61 Å². The van der Waals surface area contributed by atoms with Crippen molar-refractivity contribution in [2.24, 2.45) is 5.92 Å². The Balaban J connectivity index is 2.16. The number of carbonyl (C=O) groups is 1. The SMILES string of the molecule is CCOCC(=O)C(Br)C1CC1. The largest absolute Gasteiger partial charge is 0.374 e. The Morgan fingerprint density at radius 2 is 2.36 bits per heavy atom. The Bertz CT molecular complexity index is 143. The van der Waals surface area contributed by atoms with Crippen molar-refractivity contribution in [3.05, 3.63) is 0 Å². The monoisotopic (exact) mass is 220 g/mol. The lowest BCUT2D eigenvalue weighted by Gasteiger charge is -2.05. The van der Waals surface area contributed by atoms with E-state index in [1.807, 2.05) is 6.92 Å². The Kier molecular flexibility index (Phi) is 3.52. The molecule has 1 saturated carbocycles. The fraction of sp³-hybridized carbons (Fsp3) is 0.875. The van der Waals surface area contributed by atoms with Crippen molar-refractivity contribution in [3.63, 3.8) is 0 Å². The number of ketones is 1. The summed E-state index contributed by atoms with van der Waals surface area (Å²) in [5.74, 6) is 0.775. The molecular formula is C8H13BrO2. The summed E-state index contributed by atoms with van der Waals surface area (Å²) < 4.78 is 5.01. The first-order valence-corrected chi connectivity index (χ1v) is 4.91. The van der Waals surface area contributed by atoms with Gasteiger partial charge in [-0.2, -0.15) is 0 Å². The van der Waals surface area contributed by atoms with Crippen LogP contribution >= 0.6 is 15.9 Å². The van der Waals surface area contributed by atoms with Crippen LogP contribution in [0.1, 0.15) is 19.8 Å². The number of hydrogen-bond donors (Lipinski definition) is 0. The molecule has 0 radical (unpaired) electrons. The van der Waals surface area contributed by atoms with E-state index >= 15 is 0 Å². The molecule has 0 bridgehead atoms. The molecule has 0 aromatic carbocycles. The first-order valence-electron chi connectivity index (χ1n) is 4.00. The van der Waals surface area contributed by atoms with Gasteiger partial charge in [-0.05, 0) is 25.7 Å². The van der Waals surface area contributed by atoms with Crippen LogP contribution < -0.4 is 0 Å². The molecule has 0 saturated heterocycles. The van der Waals surface area contributed by atoms with Crippen LogP contribution in [0.4, 0.5) is 0 Å². The zero-order chi connectivity index (χ0) is 8.27. The zero-order valence-electron chi connectivity index (χ0n) is 6.68. The van der Waals surface area contributed by atoms with Crippen LogP contribution in [0.2, 0.25) is 0 Å². The molecule has 1 fully saturated rings. The molecule has 0 aliphatic heterocycles. The van der Waals surface area contributed by atoms with Crippen molar-refractivity contribution < 1.29 is 9.53 Å². The number of halogens is 1. The summed E-state index contributed by atoms with van der Waals surface area (Å²) in [5.41, 5.74) is 0. The van der Waals surface area contributed by atoms with E-state index < -0.39 is 0 Å². The summed E-state index contributed by atoms with van der Waals surface area (Å²) >= 11 is 3.37. The minimum absolute atomic E-state index is 0.0500. The van der Waals surface area contributed by atoms with Crippen LogP contribution in [0.15, 0.2) is 0 Å². The van der Waals surface area contributed by atoms with Crippen molar-refractivity contribution in [1.82, 2.24) is 0 Å². The van der Waals surface area contributed by atoms with Crippen LogP contribution in [-0.2, 0) is 9.53 Å². The fourth-order valence-electron chi connectivity index (χ4n) is 0.934. The second kappa shape index (κ2) is 4.21. The lowest BCUT2D eigenvalue weighted by atomic mass is 10.2. The van der Waals surface area contributed by atoms with Crippen molar-refractivity contribution in [1.29, 1.82) is 0 Å². The van der Waals surface area contributed by atoms with Crippen LogP contribution in [0.25, 0.3) is 0 Å². The second-order valence-electron chi connectivity index (χ2n) is 2.84. The van der Waals surface area contributed by atoms with Gasteiger partial charge in [-0.1, -0.05) is 15.9 Å². The van der Waals surface area contributed by atoms with E-state index in [1.54, 1.807) is 0 Å². The highest BCUT2D eigenvalue weighted by Gasteiger charge is 2.33. The van der Waals surface area contributed by atoms with Gasteiger partial charge in [0.15, 0.2) is 5.78 Å². The Hall–Kier alpha value is 0.110. The average Bonchev–Trinajstić information content (AvgIpc) is 2.81. The molecule has 11 heavy (non-hydrogen) atoms. The molecule has 1 unspecified atom stereocenters. The van der Waals surface area contributed by atoms with Gasteiger partial charge in [-0.25, -0.2) is 0 Å². The third kappa shape index (κ3) is 2.91. The topological polar surface area (TPSA) is 26.3 Å². The van der Waals surface area contributed by atoms with Gasteiger partial charge in [0.1, 0.15) is 6.61 Å². The molecule has 0 spiro atoms. The van der Waals surface area contributed by atoms with Crippen molar-refractivity contribution in [3.8, 4) is 0 Å². The minimum atomic E-state index is 0.0500. The molecule has 0 heterocycles. The zero-order valence-corrected chi connectivity index (χ0v) is 8.26. The first kappa shape index (κ1) is 9.20. The fourth-order valence-corrected chi connectivity index (χ4v) is 1.59. The van der Waals surface area contributed by atoms with E-state index in [1.165, 1.54) is 12.8 Å². The maximum absolute atomic E-state index is 11.2. The normalized spacial score (nSPS) is 19.8. The number of Topliss-reactive ketones (excluding diaryl/α,β-unsaturated/α-hetero) is 1. The summed E-state index contributed by atoms with van der Waals surface area (Å²) in [6.45, 7) is 2.78. The highest BCUT2D eigenvalue weighted by molar-refractivity contribution is 9.10. The molecule has 64 valence electrons. The van der Waals surface area contributed by atoms with Crippen LogP contribution in [-0.4, -0.2) is 23.8 Å². The standard InChI is InChI=1S/C8H13BrO2/c1-2-11-5-7(10)8(9)6-3-4-6/h6,8H,2-5H2,1H3. The van der Waals surface area contributed by atoms with Gasteiger partial charge in [-0.15, -0.1) is 0 Å². The Morgan fingerprint density at radius 1 is 1.73 bits per heavy atom. The summed E-state index contributed by atoms with van der Waals surface area (Å²) in [4.78, 5) is 11.3. The lowest BCUT2D eigenvalue weighted by molar-refractivity contribution is -0.123. The molecule has 0 aromatic heterocycles. The molecule has 1 aliphatic carbocycles. The van der Waals surface area contributed by atoms with Crippen molar-refractivity contribution >= 4 is 21.7 Å². The number of rotatable bonds is 5. The molecule has 0 amide bonds. The summed E-state index contributed by atoms with van der Waals surface area (Å²) in [6.07, 6.45) is 2.38. The van der Waals surface area contributed by atoms with E-state index in [0.29, 0.717) is 12.5 Å². The Morgan fingerprint density at radius 3 is 2.82 bits per heavy atom. The molecule has 0 N–H and O–H groups in total. The predicted octanol–water partition coefficient (Wildman–Crippen LogP) is 1.77. The van der Waals surface area contributed by atoms with Gasteiger partial charge < -0.3 is 4.74 Å². The average molecular weight is 221 g/mol. The molecule has 1 atom stereocenters. The molecule has 3 heteroatoms. The van der Waals surface area contributed by atoms with E-state index in [0.717, 1.165) is 0 Å². The lowest BCUT2D eigenvalue weighted by Crippen LogP contribution is -2.21. The number of alkyl halides is 1. The van der Waals surface area contributed by atoms with Gasteiger partial charge >= 0.3 is 0 Å². The van der Waals surface area contributed by atoms with E-state index in [-0.39, 0.29) is 17.2 Å². The summed E-state index contributed by atoms with van der Waals surface area (Å²) in [5, 5.41) is 0. The minimum Gasteiger partial charge on any atom is -0.374 e. The number of carbonyl (C=O) groups excluding carboxylic acids is 1. The molecular weight excluding hydrogens is 208 g/mol. The highest BCUT2D eigenvalue weighted by atomic mass is 79.9. The third-order valence-electron chi connectivity index (χ3n) is 1.79. The maximum atomic E-state index is 11.2. The van der Waals surface area contributed by atoms with E-state index in [9.17, 15) is 4.79 Å². The molecule has 0 aromatic rings. The van der Waals surface area contributed by atoms with Crippen LogP contribution in [0.5, 0.6) is 0 Å². The third-order valence-corrected chi connectivity index (χ3v) is 3.05. The number of ether oxygens (including phenoxy) is 1. The highest BCUT2D eigenvalue weighted by Crippen LogP contribution is 2.36. The van der Waals surface area contributed by atoms with Gasteiger partial charge in [0.05, 0.1) is 4.83 Å². The smallest absolute Gasteiger partial charge is 0.172 e. The van der Waals surface area contributed by atoms with E-state index in [2.05, 4.69) is 15.9 Å². The van der Waals surface area contributed by atoms with Crippen LogP contribution in [0, 0.1) is 5.92 Å². The second-order valence-corrected chi connectivity index (χ2v) is 3.83. The van der Waals surface area contributed by atoms with Crippen molar-refractivity contribution in [2.45, 2.75) is 24.6 Å². The van der Waals surface area contributed by atoms with Gasteiger partial charge in [-0.3, -0.25) is 4.79 Å². The molecule has 1 aliphatic rings. The van der Waals surface area contributed by atoms with Gasteiger partial charge in [0.25, 0.3) is 0 Å². The quantitative estimate of drug-likeness (QED) is 0.661. The van der Waals surface area contributed by atoms with Crippen LogP contribution in [0.3, 0.4) is 0 Å². The predicted molar refractivity (Wildman–Crippen MR) is 46.9 cm³/mol.